The van der Waals surface area contributed by atoms with E-state index in [9.17, 15) is 9.59 Å². The summed E-state index contributed by atoms with van der Waals surface area (Å²) in [5.41, 5.74) is 2.35. The number of ether oxygens (including phenoxy) is 2. The maximum Gasteiger partial charge on any atom is 0.256 e. The Kier molecular flexibility index (Phi) is 6.65. The average molecular weight is 438 g/mol. The lowest BCUT2D eigenvalue weighted by Crippen LogP contribution is -2.48. The predicted molar refractivity (Wildman–Crippen MR) is 123 cm³/mol. The van der Waals surface area contributed by atoms with Gasteiger partial charge in [-0.3, -0.25) is 14.5 Å². The standard InChI is InChI=1S/C25H31N3O4/c1-26(24(29)18-8-9-18)22-7-5-4-6-21(22)25(30)28-14-12-27(13-15-28)17-19-16-20(31-2)10-11-23(19)32-3/h4-7,10-11,16,18H,8-9,12-15,17H2,1-3H3. The van der Waals surface area contributed by atoms with Gasteiger partial charge >= 0.3 is 0 Å². The van der Waals surface area contributed by atoms with Gasteiger partial charge in [-0.05, 0) is 43.2 Å². The van der Waals surface area contributed by atoms with Crippen molar-refractivity contribution in [3.8, 4) is 11.5 Å². The number of anilines is 1. The highest BCUT2D eigenvalue weighted by molar-refractivity contribution is 6.05. The lowest BCUT2D eigenvalue weighted by Gasteiger charge is -2.35. The van der Waals surface area contributed by atoms with Crippen LogP contribution in [0, 0.1) is 5.92 Å². The molecule has 2 amide bonds. The molecule has 1 saturated carbocycles. The van der Waals surface area contributed by atoms with Crippen LogP contribution in [-0.4, -0.2) is 69.1 Å². The molecule has 4 rings (SSSR count). The molecule has 0 aromatic heterocycles. The zero-order valence-corrected chi connectivity index (χ0v) is 19.0. The van der Waals surface area contributed by atoms with Crippen LogP contribution >= 0.6 is 0 Å². The molecule has 0 spiro atoms. The topological polar surface area (TPSA) is 62.3 Å². The van der Waals surface area contributed by atoms with Crippen LogP contribution in [0.25, 0.3) is 0 Å². The van der Waals surface area contributed by atoms with Crippen LogP contribution in [0.15, 0.2) is 42.5 Å². The smallest absolute Gasteiger partial charge is 0.256 e. The molecule has 7 heteroatoms. The number of carbonyl (C=O) groups excluding carboxylic acids is 2. The van der Waals surface area contributed by atoms with Gasteiger partial charge < -0.3 is 19.3 Å². The van der Waals surface area contributed by atoms with E-state index in [4.69, 9.17) is 9.47 Å². The highest BCUT2D eigenvalue weighted by Gasteiger charge is 2.34. The van der Waals surface area contributed by atoms with Crippen LogP contribution in [0.4, 0.5) is 5.69 Å². The Morgan fingerprint density at radius 1 is 1.00 bits per heavy atom. The Labute approximate surface area is 189 Å². The first-order valence-electron chi connectivity index (χ1n) is 11.1. The van der Waals surface area contributed by atoms with Crippen molar-refractivity contribution in [3.63, 3.8) is 0 Å². The molecule has 1 saturated heterocycles. The van der Waals surface area contributed by atoms with E-state index in [0.29, 0.717) is 24.3 Å². The number of rotatable bonds is 7. The van der Waals surface area contributed by atoms with Crippen LogP contribution in [0.3, 0.4) is 0 Å². The van der Waals surface area contributed by atoms with Crippen molar-refractivity contribution in [2.24, 2.45) is 5.92 Å². The molecule has 1 heterocycles. The summed E-state index contributed by atoms with van der Waals surface area (Å²) in [5.74, 6) is 1.83. The summed E-state index contributed by atoms with van der Waals surface area (Å²) in [5, 5.41) is 0. The van der Waals surface area contributed by atoms with E-state index in [1.807, 2.05) is 47.4 Å². The third-order valence-corrected chi connectivity index (χ3v) is 6.29. The van der Waals surface area contributed by atoms with Crippen LogP contribution in [0.2, 0.25) is 0 Å². The fraction of sp³-hybridized carbons (Fsp3) is 0.440. The molecule has 0 N–H and O–H groups in total. The van der Waals surface area contributed by atoms with Gasteiger partial charge in [0.1, 0.15) is 11.5 Å². The Hall–Kier alpha value is -3.06. The molecule has 1 aliphatic heterocycles. The maximum atomic E-state index is 13.3. The van der Waals surface area contributed by atoms with Crippen molar-refractivity contribution in [3.05, 3.63) is 53.6 Å². The molecule has 2 aromatic carbocycles. The summed E-state index contributed by atoms with van der Waals surface area (Å²) in [6.07, 6.45) is 1.89. The SMILES string of the molecule is COc1ccc(OC)c(CN2CCN(C(=O)c3ccccc3N(C)C(=O)C3CC3)CC2)c1. The lowest BCUT2D eigenvalue weighted by atomic mass is 10.1. The summed E-state index contributed by atoms with van der Waals surface area (Å²) in [4.78, 5) is 31.7. The number of amides is 2. The Morgan fingerprint density at radius 2 is 1.72 bits per heavy atom. The number of methoxy groups -OCH3 is 2. The molecule has 2 aromatic rings. The molecule has 2 aliphatic rings. The van der Waals surface area contributed by atoms with E-state index < -0.39 is 0 Å². The van der Waals surface area contributed by atoms with Gasteiger partial charge in [0.05, 0.1) is 25.5 Å². The molecule has 0 bridgehead atoms. The Balaban J connectivity index is 1.41. The lowest BCUT2D eigenvalue weighted by molar-refractivity contribution is -0.119. The summed E-state index contributed by atoms with van der Waals surface area (Å²) < 4.78 is 10.9. The minimum atomic E-state index is -0.0188. The summed E-state index contributed by atoms with van der Waals surface area (Å²) >= 11 is 0. The number of hydrogen-bond acceptors (Lipinski definition) is 5. The van der Waals surface area contributed by atoms with Gasteiger partial charge in [0.2, 0.25) is 5.91 Å². The van der Waals surface area contributed by atoms with Gasteiger partial charge in [-0.25, -0.2) is 0 Å². The third kappa shape index (κ3) is 4.72. The number of carbonyl (C=O) groups is 2. The molecular weight excluding hydrogens is 406 g/mol. The van der Waals surface area contributed by atoms with Gasteiger partial charge in [-0.15, -0.1) is 0 Å². The molecular formula is C25H31N3O4. The summed E-state index contributed by atoms with van der Waals surface area (Å²) in [6, 6.07) is 13.2. The van der Waals surface area contributed by atoms with Gasteiger partial charge in [0, 0.05) is 51.3 Å². The first-order chi connectivity index (χ1) is 15.5. The number of hydrogen-bond donors (Lipinski definition) is 0. The molecule has 7 nitrogen and oxygen atoms in total. The van der Waals surface area contributed by atoms with Crippen molar-refractivity contribution in [1.82, 2.24) is 9.80 Å². The van der Waals surface area contributed by atoms with E-state index in [1.165, 1.54) is 0 Å². The van der Waals surface area contributed by atoms with Gasteiger partial charge in [0.25, 0.3) is 5.91 Å². The van der Waals surface area contributed by atoms with Crippen molar-refractivity contribution in [2.75, 3.05) is 52.3 Å². The predicted octanol–water partition coefficient (Wildman–Crippen LogP) is 3.03. The molecule has 0 unspecified atom stereocenters. The third-order valence-electron chi connectivity index (χ3n) is 6.29. The second kappa shape index (κ2) is 9.61. The second-order valence-electron chi connectivity index (χ2n) is 8.43. The van der Waals surface area contributed by atoms with Crippen molar-refractivity contribution in [2.45, 2.75) is 19.4 Å². The van der Waals surface area contributed by atoms with E-state index >= 15 is 0 Å². The molecule has 1 aliphatic carbocycles. The fourth-order valence-electron chi connectivity index (χ4n) is 4.20. The van der Waals surface area contributed by atoms with Crippen LogP contribution < -0.4 is 14.4 Å². The highest BCUT2D eigenvalue weighted by atomic mass is 16.5. The molecule has 170 valence electrons. The molecule has 2 fully saturated rings. The van der Waals surface area contributed by atoms with E-state index in [-0.39, 0.29) is 17.7 Å². The molecule has 0 atom stereocenters. The highest BCUT2D eigenvalue weighted by Crippen LogP contribution is 2.33. The Bertz CT molecular complexity index is 981. The molecule has 32 heavy (non-hydrogen) atoms. The fourth-order valence-corrected chi connectivity index (χ4v) is 4.20. The monoisotopic (exact) mass is 437 g/mol. The average Bonchev–Trinajstić information content (AvgIpc) is 3.68. The number of nitrogens with zero attached hydrogens (tertiary/aromatic N) is 3. The van der Waals surface area contributed by atoms with Crippen LogP contribution in [0.1, 0.15) is 28.8 Å². The summed E-state index contributed by atoms with van der Waals surface area (Å²) in [7, 11) is 5.10. The summed E-state index contributed by atoms with van der Waals surface area (Å²) in [6.45, 7) is 3.55. The number of benzene rings is 2. The minimum absolute atomic E-state index is 0.0188. The van der Waals surface area contributed by atoms with Crippen molar-refractivity contribution in [1.29, 1.82) is 0 Å². The van der Waals surface area contributed by atoms with E-state index in [2.05, 4.69) is 4.90 Å². The largest absolute Gasteiger partial charge is 0.497 e. The van der Waals surface area contributed by atoms with Crippen LogP contribution in [0.5, 0.6) is 11.5 Å². The van der Waals surface area contributed by atoms with Crippen molar-refractivity contribution >= 4 is 17.5 Å². The maximum absolute atomic E-state index is 13.3. The zero-order valence-electron chi connectivity index (χ0n) is 19.0. The first-order valence-corrected chi connectivity index (χ1v) is 11.1. The first kappa shape index (κ1) is 22.1. The zero-order chi connectivity index (χ0) is 22.7. The van der Waals surface area contributed by atoms with Gasteiger partial charge in [0.15, 0.2) is 0 Å². The number of para-hydroxylation sites is 1. The normalized spacial score (nSPS) is 16.5. The Morgan fingerprint density at radius 3 is 2.38 bits per heavy atom. The quantitative estimate of drug-likeness (QED) is 0.666. The van der Waals surface area contributed by atoms with E-state index in [1.54, 1.807) is 26.2 Å². The van der Waals surface area contributed by atoms with Crippen molar-refractivity contribution < 1.29 is 19.1 Å². The molecule has 0 radical (unpaired) electrons. The number of piperazine rings is 1. The van der Waals surface area contributed by atoms with Gasteiger partial charge in [-0.1, -0.05) is 12.1 Å². The second-order valence-corrected chi connectivity index (χ2v) is 8.43. The van der Waals surface area contributed by atoms with Gasteiger partial charge in [-0.2, -0.15) is 0 Å². The minimum Gasteiger partial charge on any atom is -0.497 e. The van der Waals surface area contributed by atoms with Crippen LogP contribution in [-0.2, 0) is 11.3 Å². The van der Waals surface area contributed by atoms with E-state index in [0.717, 1.165) is 49.5 Å².